The van der Waals surface area contributed by atoms with Crippen LogP contribution >= 0.6 is 7.60 Å². The molecule has 0 aliphatic heterocycles. The van der Waals surface area contributed by atoms with Crippen molar-refractivity contribution >= 4 is 13.6 Å². The van der Waals surface area contributed by atoms with Crippen molar-refractivity contribution in [1.82, 2.24) is 0 Å². The first-order valence-electron chi connectivity index (χ1n) is 6.32. The summed E-state index contributed by atoms with van der Waals surface area (Å²) in [5, 5.41) is 0. The van der Waals surface area contributed by atoms with Crippen LogP contribution in [0.25, 0.3) is 0 Å². The Hall–Kier alpha value is -1.94. The lowest BCUT2D eigenvalue weighted by Gasteiger charge is -2.19. The molecule has 0 spiro atoms. The molecule has 2 rings (SSSR count). The minimum absolute atomic E-state index is 0.0380. The molecule has 0 saturated carbocycles. The van der Waals surface area contributed by atoms with Crippen LogP contribution in [-0.4, -0.2) is 21.6 Å². The lowest BCUT2D eigenvalue weighted by Crippen LogP contribution is -2.21. The predicted molar refractivity (Wildman–Crippen MR) is 77.8 cm³/mol. The molecule has 0 aromatic heterocycles. The quantitative estimate of drug-likeness (QED) is 0.655. The van der Waals surface area contributed by atoms with E-state index in [0.717, 1.165) is 0 Å². The summed E-state index contributed by atoms with van der Waals surface area (Å²) in [4.78, 5) is 30.7. The zero-order valence-corrected chi connectivity index (χ0v) is 12.0. The molecule has 2 N–H and O–H groups in total. The van der Waals surface area contributed by atoms with Gasteiger partial charge in [-0.15, -0.1) is 0 Å². The Balaban J connectivity index is 2.14. The van der Waals surface area contributed by atoms with Gasteiger partial charge in [-0.2, -0.15) is 0 Å². The zero-order valence-electron chi connectivity index (χ0n) is 11.1. The summed E-state index contributed by atoms with van der Waals surface area (Å²) in [7, 11) is -4.56. The Labute approximate surface area is 122 Å². The fraction of sp³-hybridized carbons (Fsp3) is 0.133. The maximum atomic E-state index is 11.9. The first-order chi connectivity index (χ1) is 9.97. The van der Waals surface area contributed by atoms with Gasteiger partial charge in [0.15, 0.2) is 0 Å². The fourth-order valence-electron chi connectivity index (χ4n) is 1.81. The number of esters is 1. The van der Waals surface area contributed by atoms with Crippen LogP contribution in [0.5, 0.6) is 0 Å². The van der Waals surface area contributed by atoms with E-state index in [9.17, 15) is 19.1 Å². The number of carbonyl (C=O) groups is 1. The molecule has 5 nitrogen and oxygen atoms in total. The lowest BCUT2D eigenvalue weighted by atomic mass is 10.2. The molecule has 0 bridgehead atoms. The molecule has 0 saturated heterocycles. The van der Waals surface area contributed by atoms with Gasteiger partial charge < -0.3 is 14.5 Å². The molecule has 0 heterocycles. The van der Waals surface area contributed by atoms with E-state index in [0.29, 0.717) is 5.56 Å². The Morgan fingerprint density at radius 2 is 1.52 bits per heavy atom. The largest absolute Gasteiger partial charge is 0.445 e. The van der Waals surface area contributed by atoms with Crippen molar-refractivity contribution in [3.05, 3.63) is 71.8 Å². The third-order valence-electron chi connectivity index (χ3n) is 2.88. The second-order valence-corrected chi connectivity index (χ2v) is 6.26. The molecule has 6 heteroatoms. The number of benzene rings is 2. The van der Waals surface area contributed by atoms with Gasteiger partial charge >= 0.3 is 13.6 Å². The third-order valence-corrected chi connectivity index (χ3v) is 3.92. The van der Waals surface area contributed by atoms with Gasteiger partial charge in [0, 0.05) is 6.42 Å². The van der Waals surface area contributed by atoms with E-state index >= 15 is 0 Å². The molecule has 0 amide bonds. The first-order valence-corrected chi connectivity index (χ1v) is 8.00. The molecule has 2 aromatic rings. The van der Waals surface area contributed by atoms with Crippen molar-refractivity contribution in [2.45, 2.75) is 12.3 Å². The van der Waals surface area contributed by atoms with Crippen LogP contribution in [0.4, 0.5) is 0 Å². The molecule has 0 radical (unpaired) electrons. The summed E-state index contributed by atoms with van der Waals surface area (Å²) in [5.41, 5.74) is 0.940. The fourth-order valence-corrected chi connectivity index (χ4v) is 2.49. The van der Waals surface area contributed by atoms with Crippen molar-refractivity contribution in [1.29, 1.82) is 0 Å². The van der Waals surface area contributed by atoms with Crippen LogP contribution in [0.1, 0.15) is 15.9 Å². The number of rotatable bonds is 5. The van der Waals surface area contributed by atoms with Crippen molar-refractivity contribution in [2.75, 3.05) is 0 Å². The maximum absolute atomic E-state index is 11.9. The molecule has 110 valence electrons. The minimum atomic E-state index is -4.56. The van der Waals surface area contributed by atoms with Gasteiger partial charge in [-0.1, -0.05) is 48.5 Å². The van der Waals surface area contributed by atoms with Gasteiger partial charge in [0.1, 0.15) is 0 Å². The highest BCUT2D eigenvalue weighted by Gasteiger charge is 2.33. The summed E-state index contributed by atoms with van der Waals surface area (Å²) in [6.07, 6.45) is -0.0380. The van der Waals surface area contributed by atoms with E-state index < -0.39 is 19.4 Å². The molecule has 21 heavy (non-hydrogen) atoms. The zero-order chi connectivity index (χ0) is 15.3. The van der Waals surface area contributed by atoms with E-state index in [2.05, 4.69) is 0 Å². The standard InChI is InChI=1S/C15H15O5P/c16-15(13-9-5-2-6-10-13)20-14(21(17,18)19)11-12-7-3-1-4-8-12/h1-10,14H,11H2,(H2,17,18,19). The van der Waals surface area contributed by atoms with E-state index in [1.54, 1.807) is 48.5 Å². The minimum Gasteiger partial charge on any atom is -0.445 e. The highest BCUT2D eigenvalue weighted by atomic mass is 31.2. The maximum Gasteiger partial charge on any atom is 0.366 e. The van der Waals surface area contributed by atoms with E-state index in [1.165, 1.54) is 12.1 Å². The molecule has 2 aromatic carbocycles. The summed E-state index contributed by atoms with van der Waals surface area (Å²) in [5.74, 6) is -2.24. The van der Waals surface area contributed by atoms with Crippen molar-refractivity contribution in [3.8, 4) is 0 Å². The van der Waals surface area contributed by atoms with Gasteiger partial charge in [0.25, 0.3) is 0 Å². The smallest absolute Gasteiger partial charge is 0.366 e. The summed E-state index contributed by atoms with van der Waals surface area (Å²) < 4.78 is 16.5. The van der Waals surface area contributed by atoms with E-state index in [4.69, 9.17) is 4.74 Å². The molecular formula is C15H15O5P. The number of hydrogen-bond acceptors (Lipinski definition) is 3. The molecular weight excluding hydrogens is 291 g/mol. The molecule has 0 aliphatic rings. The monoisotopic (exact) mass is 306 g/mol. The van der Waals surface area contributed by atoms with Gasteiger partial charge in [0.2, 0.25) is 5.85 Å². The molecule has 1 unspecified atom stereocenters. The topological polar surface area (TPSA) is 83.8 Å². The Bertz CT molecular complexity index is 636. The number of hydrogen-bond donors (Lipinski definition) is 2. The van der Waals surface area contributed by atoms with Crippen LogP contribution in [0.15, 0.2) is 60.7 Å². The van der Waals surface area contributed by atoms with Crippen molar-refractivity contribution in [2.24, 2.45) is 0 Å². The van der Waals surface area contributed by atoms with Crippen LogP contribution in [0, 0.1) is 0 Å². The van der Waals surface area contributed by atoms with Gasteiger partial charge in [-0.3, -0.25) is 4.57 Å². The highest BCUT2D eigenvalue weighted by Crippen LogP contribution is 2.43. The lowest BCUT2D eigenvalue weighted by molar-refractivity contribution is 0.0401. The number of carbonyl (C=O) groups excluding carboxylic acids is 1. The first kappa shape index (κ1) is 15.4. The van der Waals surface area contributed by atoms with Gasteiger partial charge in [0.05, 0.1) is 5.56 Å². The van der Waals surface area contributed by atoms with Crippen molar-refractivity contribution < 1.29 is 23.9 Å². The predicted octanol–water partition coefficient (Wildman–Crippen LogP) is 2.59. The van der Waals surface area contributed by atoms with Crippen LogP contribution in [-0.2, 0) is 15.7 Å². The van der Waals surface area contributed by atoms with E-state index in [-0.39, 0.29) is 12.0 Å². The average Bonchev–Trinajstić information content (AvgIpc) is 2.47. The second-order valence-electron chi connectivity index (χ2n) is 4.50. The van der Waals surface area contributed by atoms with Crippen LogP contribution in [0.3, 0.4) is 0 Å². The Morgan fingerprint density at radius 3 is 2.05 bits per heavy atom. The number of ether oxygens (including phenoxy) is 1. The van der Waals surface area contributed by atoms with Crippen molar-refractivity contribution in [3.63, 3.8) is 0 Å². The average molecular weight is 306 g/mol. The van der Waals surface area contributed by atoms with E-state index in [1.807, 2.05) is 0 Å². The van der Waals surface area contributed by atoms with Crippen LogP contribution < -0.4 is 0 Å². The summed E-state index contributed by atoms with van der Waals surface area (Å²) in [6, 6.07) is 16.9. The normalized spacial score (nSPS) is 12.7. The SMILES string of the molecule is O=C(OC(Cc1ccccc1)P(=O)(O)O)c1ccccc1. The van der Waals surface area contributed by atoms with Gasteiger partial charge in [-0.05, 0) is 17.7 Å². The Kier molecular flexibility index (Phi) is 4.91. The third kappa shape index (κ3) is 4.53. The van der Waals surface area contributed by atoms with Crippen LogP contribution in [0.2, 0.25) is 0 Å². The summed E-state index contributed by atoms with van der Waals surface area (Å²) >= 11 is 0. The molecule has 1 atom stereocenters. The molecule has 0 aliphatic carbocycles. The van der Waals surface area contributed by atoms with Gasteiger partial charge in [-0.25, -0.2) is 4.79 Å². The summed E-state index contributed by atoms with van der Waals surface area (Å²) in [6.45, 7) is 0. The Morgan fingerprint density at radius 1 is 1.00 bits per heavy atom. The second kappa shape index (κ2) is 6.68. The molecule has 0 fully saturated rings. The highest BCUT2D eigenvalue weighted by molar-refractivity contribution is 7.52.